The van der Waals surface area contributed by atoms with Gasteiger partial charge < -0.3 is 15.2 Å². The standard InChI is InChI=1S/C15H23NO2/c1-11-7-14(8-12(2)15(11)17)9-16-5-3-13-4-6-18-10-13/h7-8,13,16-17H,3-6,9-10H2,1-2H3. The van der Waals surface area contributed by atoms with E-state index in [1.165, 1.54) is 18.4 Å². The third-order valence-corrected chi connectivity index (χ3v) is 3.63. The molecule has 1 aromatic rings. The maximum atomic E-state index is 9.71. The number of benzene rings is 1. The second-order valence-corrected chi connectivity index (χ2v) is 5.27. The van der Waals surface area contributed by atoms with Crippen LogP contribution in [0.1, 0.15) is 29.5 Å². The van der Waals surface area contributed by atoms with E-state index in [1.54, 1.807) is 0 Å². The van der Waals surface area contributed by atoms with Gasteiger partial charge in [-0.2, -0.15) is 0 Å². The van der Waals surface area contributed by atoms with Crippen LogP contribution in [0.5, 0.6) is 5.75 Å². The molecule has 1 fully saturated rings. The van der Waals surface area contributed by atoms with Gasteiger partial charge in [-0.05, 0) is 55.8 Å². The average Bonchev–Trinajstić information content (AvgIpc) is 2.84. The van der Waals surface area contributed by atoms with Gasteiger partial charge in [0.25, 0.3) is 0 Å². The van der Waals surface area contributed by atoms with Crippen LogP contribution < -0.4 is 5.32 Å². The summed E-state index contributed by atoms with van der Waals surface area (Å²) in [5.41, 5.74) is 3.15. The van der Waals surface area contributed by atoms with Crippen molar-refractivity contribution in [2.45, 2.75) is 33.2 Å². The molecule has 1 unspecified atom stereocenters. The van der Waals surface area contributed by atoms with Crippen molar-refractivity contribution in [3.63, 3.8) is 0 Å². The molecule has 1 saturated heterocycles. The Bertz CT molecular complexity index is 374. The molecule has 0 aliphatic carbocycles. The molecule has 0 amide bonds. The number of rotatable bonds is 5. The Morgan fingerprint density at radius 1 is 1.33 bits per heavy atom. The van der Waals surface area contributed by atoms with E-state index in [0.717, 1.165) is 43.3 Å². The number of hydrogen-bond acceptors (Lipinski definition) is 3. The minimum absolute atomic E-state index is 0.418. The molecular weight excluding hydrogens is 226 g/mol. The Labute approximate surface area is 109 Å². The van der Waals surface area contributed by atoms with Crippen LogP contribution in [0, 0.1) is 19.8 Å². The highest BCUT2D eigenvalue weighted by atomic mass is 16.5. The fraction of sp³-hybridized carbons (Fsp3) is 0.600. The van der Waals surface area contributed by atoms with Crippen molar-refractivity contribution in [3.05, 3.63) is 28.8 Å². The minimum Gasteiger partial charge on any atom is -0.507 e. The highest BCUT2D eigenvalue weighted by molar-refractivity contribution is 5.42. The lowest BCUT2D eigenvalue weighted by Gasteiger charge is -2.11. The molecule has 1 heterocycles. The van der Waals surface area contributed by atoms with Gasteiger partial charge in [-0.15, -0.1) is 0 Å². The van der Waals surface area contributed by atoms with Crippen LogP contribution >= 0.6 is 0 Å². The second-order valence-electron chi connectivity index (χ2n) is 5.27. The Balaban J connectivity index is 1.76. The van der Waals surface area contributed by atoms with Crippen molar-refractivity contribution in [3.8, 4) is 5.75 Å². The molecule has 2 N–H and O–H groups in total. The lowest BCUT2D eigenvalue weighted by Crippen LogP contribution is -2.18. The molecule has 1 atom stereocenters. The van der Waals surface area contributed by atoms with Gasteiger partial charge in [0, 0.05) is 19.8 Å². The summed E-state index contributed by atoms with van der Waals surface area (Å²) in [5, 5.41) is 13.2. The number of aryl methyl sites for hydroxylation is 2. The van der Waals surface area contributed by atoms with Crippen molar-refractivity contribution in [2.75, 3.05) is 19.8 Å². The molecule has 0 spiro atoms. The predicted molar refractivity (Wildman–Crippen MR) is 72.8 cm³/mol. The second kappa shape index (κ2) is 6.21. The molecular formula is C15H23NO2. The van der Waals surface area contributed by atoms with Gasteiger partial charge in [0.05, 0.1) is 0 Å². The Kier molecular flexibility index (Phi) is 4.61. The molecule has 0 aromatic heterocycles. The molecule has 2 rings (SSSR count). The third kappa shape index (κ3) is 3.47. The Morgan fingerprint density at radius 2 is 2.06 bits per heavy atom. The molecule has 3 heteroatoms. The van der Waals surface area contributed by atoms with Crippen LogP contribution in [0.25, 0.3) is 0 Å². The first-order chi connectivity index (χ1) is 8.66. The first kappa shape index (κ1) is 13.4. The molecule has 1 aliphatic heterocycles. The molecule has 100 valence electrons. The third-order valence-electron chi connectivity index (χ3n) is 3.63. The van der Waals surface area contributed by atoms with E-state index in [4.69, 9.17) is 4.74 Å². The van der Waals surface area contributed by atoms with Gasteiger partial charge in [-0.3, -0.25) is 0 Å². The minimum atomic E-state index is 0.418. The summed E-state index contributed by atoms with van der Waals surface area (Å²) in [4.78, 5) is 0. The summed E-state index contributed by atoms with van der Waals surface area (Å²) in [6, 6.07) is 4.10. The average molecular weight is 249 g/mol. The summed E-state index contributed by atoms with van der Waals surface area (Å²) in [5.74, 6) is 1.16. The number of ether oxygens (including phenoxy) is 1. The lowest BCUT2D eigenvalue weighted by molar-refractivity contribution is 0.184. The SMILES string of the molecule is Cc1cc(CNCCC2CCOC2)cc(C)c1O. The highest BCUT2D eigenvalue weighted by Crippen LogP contribution is 2.22. The van der Waals surface area contributed by atoms with Crippen molar-refractivity contribution in [2.24, 2.45) is 5.92 Å². The molecule has 0 bridgehead atoms. The van der Waals surface area contributed by atoms with E-state index in [2.05, 4.69) is 5.32 Å². The summed E-state index contributed by atoms with van der Waals surface area (Å²) >= 11 is 0. The predicted octanol–water partition coefficient (Wildman–Crippen LogP) is 2.53. The van der Waals surface area contributed by atoms with Crippen LogP contribution in [0.4, 0.5) is 0 Å². The topological polar surface area (TPSA) is 41.5 Å². The summed E-state index contributed by atoms with van der Waals surface area (Å²) < 4.78 is 5.36. The first-order valence-corrected chi connectivity index (χ1v) is 6.74. The van der Waals surface area contributed by atoms with Crippen LogP contribution in [0.2, 0.25) is 0 Å². The van der Waals surface area contributed by atoms with E-state index in [9.17, 15) is 5.11 Å². The van der Waals surface area contributed by atoms with E-state index >= 15 is 0 Å². The summed E-state index contributed by atoms with van der Waals surface area (Å²) in [6.45, 7) is 7.66. The fourth-order valence-corrected chi connectivity index (χ4v) is 2.50. The van der Waals surface area contributed by atoms with Crippen molar-refractivity contribution in [1.82, 2.24) is 5.32 Å². The van der Waals surface area contributed by atoms with Crippen LogP contribution in [0.15, 0.2) is 12.1 Å². The number of hydrogen-bond donors (Lipinski definition) is 2. The molecule has 0 saturated carbocycles. The summed E-state index contributed by atoms with van der Waals surface area (Å²) in [6.07, 6.45) is 2.40. The summed E-state index contributed by atoms with van der Waals surface area (Å²) in [7, 11) is 0. The van der Waals surface area contributed by atoms with E-state index in [1.807, 2.05) is 26.0 Å². The quantitative estimate of drug-likeness (QED) is 0.788. The van der Waals surface area contributed by atoms with Gasteiger partial charge in [0.15, 0.2) is 0 Å². The molecule has 1 aliphatic rings. The largest absolute Gasteiger partial charge is 0.507 e. The molecule has 3 nitrogen and oxygen atoms in total. The zero-order chi connectivity index (χ0) is 13.0. The van der Waals surface area contributed by atoms with Gasteiger partial charge >= 0.3 is 0 Å². The lowest BCUT2D eigenvalue weighted by atomic mass is 10.0. The number of nitrogens with one attached hydrogen (secondary N) is 1. The van der Waals surface area contributed by atoms with Crippen molar-refractivity contribution < 1.29 is 9.84 Å². The maximum absolute atomic E-state index is 9.71. The maximum Gasteiger partial charge on any atom is 0.121 e. The normalized spacial score (nSPS) is 19.3. The van der Waals surface area contributed by atoms with Crippen LogP contribution in [-0.4, -0.2) is 24.9 Å². The van der Waals surface area contributed by atoms with Crippen LogP contribution in [-0.2, 0) is 11.3 Å². The Morgan fingerprint density at radius 3 is 2.67 bits per heavy atom. The molecule has 0 radical (unpaired) electrons. The fourth-order valence-electron chi connectivity index (χ4n) is 2.50. The number of aromatic hydroxyl groups is 1. The molecule has 18 heavy (non-hydrogen) atoms. The number of phenolic OH excluding ortho intramolecular Hbond substituents is 1. The molecule has 1 aromatic carbocycles. The Hall–Kier alpha value is -1.06. The van der Waals surface area contributed by atoms with E-state index in [-0.39, 0.29) is 0 Å². The number of phenols is 1. The zero-order valence-electron chi connectivity index (χ0n) is 11.3. The van der Waals surface area contributed by atoms with Crippen molar-refractivity contribution in [1.29, 1.82) is 0 Å². The first-order valence-electron chi connectivity index (χ1n) is 6.74. The van der Waals surface area contributed by atoms with Crippen LogP contribution in [0.3, 0.4) is 0 Å². The van der Waals surface area contributed by atoms with Crippen molar-refractivity contribution >= 4 is 0 Å². The van der Waals surface area contributed by atoms with Gasteiger partial charge in [-0.1, -0.05) is 12.1 Å². The monoisotopic (exact) mass is 249 g/mol. The zero-order valence-corrected chi connectivity index (χ0v) is 11.3. The van der Waals surface area contributed by atoms with Gasteiger partial charge in [0.1, 0.15) is 5.75 Å². The van der Waals surface area contributed by atoms with Gasteiger partial charge in [-0.25, -0.2) is 0 Å². The van der Waals surface area contributed by atoms with E-state index in [0.29, 0.717) is 5.75 Å². The highest BCUT2D eigenvalue weighted by Gasteiger charge is 2.14. The smallest absolute Gasteiger partial charge is 0.121 e. The van der Waals surface area contributed by atoms with Gasteiger partial charge in [0.2, 0.25) is 0 Å². The van der Waals surface area contributed by atoms with E-state index < -0.39 is 0 Å².